The number of aryl methyl sites for hydroxylation is 2. The van der Waals surface area contributed by atoms with E-state index in [2.05, 4.69) is 41.6 Å². The van der Waals surface area contributed by atoms with E-state index in [1.54, 1.807) is 0 Å². The van der Waals surface area contributed by atoms with Gasteiger partial charge in [-0.15, -0.1) is 0 Å². The summed E-state index contributed by atoms with van der Waals surface area (Å²) in [5.74, 6) is 0.949. The van der Waals surface area contributed by atoms with Gasteiger partial charge < -0.3 is 10.3 Å². The van der Waals surface area contributed by atoms with Crippen LogP contribution in [0.3, 0.4) is 0 Å². The quantitative estimate of drug-likeness (QED) is 0.740. The highest BCUT2D eigenvalue weighted by Gasteiger charge is 2.09. The van der Waals surface area contributed by atoms with Crippen molar-refractivity contribution in [2.45, 2.75) is 20.4 Å². The van der Waals surface area contributed by atoms with E-state index < -0.39 is 0 Å². The number of nitrogens with zero attached hydrogens (tertiary/aromatic N) is 2. The molecule has 2 N–H and O–H groups in total. The van der Waals surface area contributed by atoms with Crippen LogP contribution >= 0.6 is 0 Å². The summed E-state index contributed by atoms with van der Waals surface area (Å²) in [4.78, 5) is 4.49. The second-order valence-corrected chi connectivity index (χ2v) is 5.37. The van der Waals surface area contributed by atoms with Crippen LogP contribution in [0, 0.1) is 13.8 Å². The first-order valence-electron chi connectivity index (χ1n) is 7.07. The highest BCUT2D eigenvalue weighted by Crippen LogP contribution is 2.22. The van der Waals surface area contributed by atoms with Gasteiger partial charge in [-0.2, -0.15) is 0 Å². The van der Waals surface area contributed by atoms with Crippen LogP contribution < -0.4 is 5.73 Å². The molecule has 0 saturated carbocycles. The molecule has 0 bridgehead atoms. The Morgan fingerprint density at radius 2 is 1.76 bits per heavy atom. The van der Waals surface area contributed by atoms with Gasteiger partial charge in [0.05, 0.1) is 0 Å². The van der Waals surface area contributed by atoms with Crippen molar-refractivity contribution in [1.82, 2.24) is 9.55 Å². The van der Waals surface area contributed by atoms with Gasteiger partial charge in [-0.1, -0.05) is 30.3 Å². The number of imidazole rings is 1. The van der Waals surface area contributed by atoms with E-state index in [1.165, 1.54) is 16.7 Å². The third-order valence-corrected chi connectivity index (χ3v) is 3.83. The Morgan fingerprint density at radius 1 is 1.05 bits per heavy atom. The molecule has 1 aromatic heterocycles. The van der Waals surface area contributed by atoms with Gasteiger partial charge in [0.2, 0.25) is 0 Å². The smallest absolute Gasteiger partial charge is 0.140 e. The lowest BCUT2D eigenvalue weighted by atomic mass is 10.0. The van der Waals surface area contributed by atoms with Crippen molar-refractivity contribution < 1.29 is 0 Å². The summed E-state index contributed by atoms with van der Waals surface area (Å²) in [6.07, 6.45) is 3.86. The predicted octanol–water partition coefficient (Wildman–Crippen LogP) is 3.80. The van der Waals surface area contributed by atoms with Gasteiger partial charge in [0.1, 0.15) is 5.82 Å². The summed E-state index contributed by atoms with van der Waals surface area (Å²) < 4.78 is 2.17. The average Bonchev–Trinajstić information content (AvgIpc) is 2.91. The number of aromatic nitrogens is 2. The van der Waals surface area contributed by atoms with Crippen molar-refractivity contribution in [1.29, 1.82) is 0 Å². The zero-order valence-corrected chi connectivity index (χ0v) is 12.4. The molecule has 0 aliphatic carbocycles. The number of rotatable bonds is 3. The monoisotopic (exact) mass is 277 g/mol. The minimum Gasteiger partial charge on any atom is -0.399 e. The molecule has 0 atom stereocenters. The van der Waals surface area contributed by atoms with Gasteiger partial charge in [-0.05, 0) is 42.7 Å². The fraction of sp³-hybridized carbons (Fsp3) is 0.167. The van der Waals surface area contributed by atoms with Gasteiger partial charge in [-0.3, -0.25) is 0 Å². The first-order chi connectivity index (χ1) is 10.1. The van der Waals surface area contributed by atoms with Gasteiger partial charge >= 0.3 is 0 Å². The SMILES string of the molecule is Cc1cccc(C)c1Cn1ccnc1-c1cccc(N)c1. The van der Waals surface area contributed by atoms with Gasteiger partial charge in [0.15, 0.2) is 0 Å². The van der Waals surface area contributed by atoms with E-state index in [1.807, 2.05) is 36.7 Å². The number of hydrogen-bond donors (Lipinski definition) is 1. The van der Waals surface area contributed by atoms with Crippen LogP contribution in [0.1, 0.15) is 16.7 Å². The Hall–Kier alpha value is -2.55. The van der Waals surface area contributed by atoms with Gasteiger partial charge in [0.25, 0.3) is 0 Å². The number of anilines is 1. The van der Waals surface area contributed by atoms with Crippen molar-refractivity contribution >= 4 is 5.69 Å². The molecule has 0 fully saturated rings. The molecule has 0 aliphatic heterocycles. The Kier molecular flexibility index (Phi) is 3.48. The minimum absolute atomic E-state index is 0.758. The Labute approximate surface area is 125 Å². The lowest BCUT2D eigenvalue weighted by molar-refractivity contribution is 0.796. The molecule has 0 amide bonds. The van der Waals surface area contributed by atoms with Crippen molar-refractivity contribution in [3.63, 3.8) is 0 Å². The maximum atomic E-state index is 5.88. The second kappa shape index (κ2) is 5.44. The van der Waals surface area contributed by atoms with Crippen LogP contribution in [-0.4, -0.2) is 9.55 Å². The van der Waals surface area contributed by atoms with Crippen molar-refractivity contribution in [2.24, 2.45) is 0 Å². The minimum atomic E-state index is 0.758. The Balaban J connectivity index is 2.00. The maximum Gasteiger partial charge on any atom is 0.140 e. The Morgan fingerprint density at radius 3 is 2.48 bits per heavy atom. The maximum absolute atomic E-state index is 5.88. The molecule has 0 aliphatic rings. The molecule has 0 unspecified atom stereocenters. The first kappa shape index (κ1) is 13.4. The zero-order chi connectivity index (χ0) is 14.8. The van der Waals surface area contributed by atoms with Crippen LogP contribution in [-0.2, 0) is 6.54 Å². The molecule has 3 heteroatoms. The van der Waals surface area contributed by atoms with E-state index in [9.17, 15) is 0 Å². The highest BCUT2D eigenvalue weighted by atomic mass is 15.1. The molecule has 3 aromatic rings. The second-order valence-electron chi connectivity index (χ2n) is 5.37. The summed E-state index contributed by atoms with van der Waals surface area (Å²) >= 11 is 0. The molecule has 3 rings (SSSR count). The molecule has 0 spiro atoms. The molecule has 21 heavy (non-hydrogen) atoms. The number of nitrogen functional groups attached to an aromatic ring is 1. The van der Waals surface area contributed by atoms with Crippen LogP contribution in [0.5, 0.6) is 0 Å². The average molecular weight is 277 g/mol. The van der Waals surface area contributed by atoms with E-state index in [0.717, 1.165) is 23.6 Å². The van der Waals surface area contributed by atoms with Gasteiger partial charge in [-0.25, -0.2) is 4.98 Å². The largest absolute Gasteiger partial charge is 0.399 e. The van der Waals surface area contributed by atoms with Crippen LogP contribution in [0.4, 0.5) is 5.69 Å². The summed E-state index contributed by atoms with van der Waals surface area (Å²) in [6.45, 7) is 5.13. The Bertz CT molecular complexity index is 751. The number of benzene rings is 2. The topological polar surface area (TPSA) is 43.8 Å². The highest BCUT2D eigenvalue weighted by molar-refractivity contribution is 5.61. The molecule has 3 nitrogen and oxygen atoms in total. The molecular weight excluding hydrogens is 258 g/mol. The summed E-state index contributed by atoms with van der Waals surface area (Å²) in [5.41, 5.74) is 11.6. The third-order valence-electron chi connectivity index (χ3n) is 3.83. The fourth-order valence-corrected chi connectivity index (χ4v) is 2.64. The van der Waals surface area contributed by atoms with E-state index in [0.29, 0.717) is 0 Å². The number of hydrogen-bond acceptors (Lipinski definition) is 2. The van der Waals surface area contributed by atoms with E-state index in [-0.39, 0.29) is 0 Å². The van der Waals surface area contributed by atoms with Crippen LogP contribution in [0.2, 0.25) is 0 Å². The fourth-order valence-electron chi connectivity index (χ4n) is 2.64. The zero-order valence-electron chi connectivity index (χ0n) is 12.4. The molecule has 0 radical (unpaired) electrons. The van der Waals surface area contributed by atoms with E-state index in [4.69, 9.17) is 5.73 Å². The normalized spacial score (nSPS) is 10.8. The summed E-state index contributed by atoms with van der Waals surface area (Å²) in [5, 5.41) is 0. The van der Waals surface area contributed by atoms with Crippen molar-refractivity contribution in [3.05, 3.63) is 71.5 Å². The summed E-state index contributed by atoms with van der Waals surface area (Å²) in [7, 11) is 0. The lowest BCUT2D eigenvalue weighted by Gasteiger charge is -2.13. The van der Waals surface area contributed by atoms with Crippen molar-refractivity contribution in [3.8, 4) is 11.4 Å². The molecule has 0 saturated heterocycles. The van der Waals surface area contributed by atoms with E-state index >= 15 is 0 Å². The molecule has 106 valence electrons. The summed E-state index contributed by atoms with van der Waals surface area (Å²) in [6, 6.07) is 14.3. The van der Waals surface area contributed by atoms with Crippen LogP contribution in [0.15, 0.2) is 54.9 Å². The lowest BCUT2D eigenvalue weighted by Crippen LogP contribution is -2.04. The van der Waals surface area contributed by atoms with Crippen molar-refractivity contribution in [2.75, 3.05) is 5.73 Å². The third kappa shape index (κ3) is 2.68. The molecule has 2 aromatic carbocycles. The first-order valence-corrected chi connectivity index (χ1v) is 7.07. The standard InChI is InChI=1S/C18H19N3/c1-13-5-3-6-14(2)17(13)12-21-10-9-20-18(21)15-7-4-8-16(19)11-15/h3-11H,12,19H2,1-2H3. The molecule has 1 heterocycles. The predicted molar refractivity (Wildman–Crippen MR) is 87.1 cm³/mol. The van der Waals surface area contributed by atoms with Gasteiger partial charge in [0, 0.05) is 30.2 Å². The molecular formula is C18H19N3. The van der Waals surface area contributed by atoms with Crippen LogP contribution in [0.25, 0.3) is 11.4 Å². The number of nitrogens with two attached hydrogens (primary N) is 1.